The molecule has 0 heterocycles. The zero-order valence-electron chi connectivity index (χ0n) is 12.9. The summed E-state index contributed by atoms with van der Waals surface area (Å²) in [5.41, 5.74) is 5.65. The largest absolute Gasteiger partial charge is 0.343 e. The predicted octanol–water partition coefficient (Wildman–Crippen LogP) is 3.18. The Morgan fingerprint density at radius 2 is 2.00 bits per heavy atom. The molecule has 0 aromatic heterocycles. The molecule has 0 saturated heterocycles. The molecular weight excluding hydrogens is 236 g/mol. The maximum atomic E-state index is 12.3. The molecule has 0 bridgehead atoms. The van der Waals surface area contributed by atoms with Crippen molar-refractivity contribution in [3.05, 3.63) is 0 Å². The van der Waals surface area contributed by atoms with Gasteiger partial charge in [-0.15, -0.1) is 0 Å². The van der Waals surface area contributed by atoms with Crippen molar-refractivity contribution in [1.82, 2.24) is 4.90 Å². The quantitative estimate of drug-likeness (QED) is 0.661. The van der Waals surface area contributed by atoms with E-state index in [1.807, 2.05) is 0 Å². The molecule has 1 aliphatic rings. The van der Waals surface area contributed by atoms with Gasteiger partial charge in [0.2, 0.25) is 5.91 Å². The van der Waals surface area contributed by atoms with Gasteiger partial charge in [0, 0.05) is 19.5 Å². The van der Waals surface area contributed by atoms with E-state index in [-0.39, 0.29) is 0 Å². The fourth-order valence-electron chi connectivity index (χ4n) is 2.96. The molecule has 0 aliphatic heterocycles. The summed E-state index contributed by atoms with van der Waals surface area (Å²) in [6.45, 7) is 6.91. The van der Waals surface area contributed by atoms with Crippen molar-refractivity contribution in [2.75, 3.05) is 19.6 Å². The Kier molecular flexibility index (Phi) is 8.11. The van der Waals surface area contributed by atoms with Crippen molar-refractivity contribution >= 4 is 5.91 Å². The van der Waals surface area contributed by atoms with Crippen LogP contribution in [0.15, 0.2) is 0 Å². The summed E-state index contributed by atoms with van der Waals surface area (Å²) >= 11 is 0. The normalized spacial score (nSPS) is 17.0. The second-order valence-electron chi connectivity index (χ2n) is 6.00. The number of nitrogens with zero attached hydrogens (tertiary/aromatic N) is 1. The van der Waals surface area contributed by atoms with Gasteiger partial charge >= 0.3 is 0 Å². The zero-order chi connectivity index (χ0) is 14.1. The lowest BCUT2D eigenvalue weighted by Gasteiger charge is -2.32. The molecular formula is C16H32N2O. The highest BCUT2D eigenvalue weighted by Crippen LogP contribution is 2.27. The number of amides is 1. The van der Waals surface area contributed by atoms with Crippen LogP contribution in [0.3, 0.4) is 0 Å². The molecule has 3 heteroatoms. The van der Waals surface area contributed by atoms with Gasteiger partial charge in [0.15, 0.2) is 0 Å². The van der Waals surface area contributed by atoms with Crippen LogP contribution in [0.2, 0.25) is 0 Å². The van der Waals surface area contributed by atoms with E-state index in [1.54, 1.807) is 0 Å². The summed E-state index contributed by atoms with van der Waals surface area (Å²) in [6.07, 6.45) is 9.18. The highest BCUT2D eigenvalue weighted by atomic mass is 16.2. The fraction of sp³-hybridized carbons (Fsp3) is 0.938. The topological polar surface area (TPSA) is 46.3 Å². The summed E-state index contributed by atoms with van der Waals surface area (Å²) < 4.78 is 0. The number of hydrogen-bond acceptors (Lipinski definition) is 2. The van der Waals surface area contributed by atoms with Crippen LogP contribution in [0.4, 0.5) is 0 Å². The zero-order valence-corrected chi connectivity index (χ0v) is 12.9. The molecule has 1 aliphatic carbocycles. The molecule has 1 fully saturated rings. The number of rotatable bonds is 10. The Morgan fingerprint density at radius 3 is 2.47 bits per heavy atom. The average Bonchev–Trinajstić information content (AvgIpc) is 2.35. The lowest BCUT2D eigenvalue weighted by molar-refractivity contribution is -0.132. The number of hydrogen-bond donors (Lipinski definition) is 1. The van der Waals surface area contributed by atoms with Crippen molar-refractivity contribution < 1.29 is 4.79 Å². The Balaban J connectivity index is 2.29. The van der Waals surface area contributed by atoms with E-state index in [1.165, 1.54) is 32.1 Å². The molecule has 1 rings (SSSR count). The first-order chi connectivity index (χ1) is 9.21. The molecule has 0 spiro atoms. The van der Waals surface area contributed by atoms with Crippen LogP contribution in [0.1, 0.15) is 65.2 Å². The predicted molar refractivity (Wildman–Crippen MR) is 80.9 cm³/mol. The molecule has 1 saturated carbocycles. The summed E-state index contributed by atoms with van der Waals surface area (Å²) in [7, 11) is 0. The van der Waals surface area contributed by atoms with E-state index in [9.17, 15) is 4.79 Å². The monoisotopic (exact) mass is 268 g/mol. The third kappa shape index (κ3) is 5.94. The van der Waals surface area contributed by atoms with Crippen LogP contribution in [-0.2, 0) is 4.79 Å². The van der Waals surface area contributed by atoms with Crippen LogP contribution >= 0.6 is 0 Å². The van der Waals surface area contributed by atoms with E-state index < -0.39 is 0 Å². The maximum absolute atomic E-state index is 12.3. The summed E-state index contributed by atoms with van der Waals surface area (Å²) in [5, 5.41) is 0. The second-order valence-corrected chi connectivity index (χ2v) is 6.00. The first-order valence-electron chi connectivity index (χ1n) is 8.19. The van der Waals surface area contributed by atoms with E-state index in [0.29, 0.717) is 18.2 Å². The van der Waals surface area contributed by atoms with Gasteiger partial charge in [-0.1, -0.05) is 26.2 Å². The number of nitrogens with two attached hydrogens (primary N) is 1. The van der Waals surface area contributed by atoms with Gasteiger partial charge in [0.25, 0.3) is 0 Å². The van der Waals surface area contributed by atoms with Crippen LogP contribution in [-0.4, -0.2) is 30.4 Å². The van der Waals surface area contributed by atoms with Crippen molar-refractivity contribution in [2.45, 2.75) is 65.2 Å². The van der Waals surface area contributed by atoms with Crippen molar-refractivity contribution in [1.29, 1.82) is 0 Å². The van der Waals surface area contributed by atoms with Gasteiger partial charge in [0.1, 0.15) is 0 Å². The van der Waals surface area contributed by atoms with Crippen LogP contribution in [0.5, 0.6) is 0 Å². The first kappa shape index (κ1) is 16.5. The number of carbonyl (C=O) groups excluding carboxylic acids is 1. The summed E-state index contributed by atoms with van der Waals surface area (Å²) in [5.74, 6) is 1.77. The lowest BCUT2D eigenvalue weighted by atomic mass is 9.85. The molecule has 0 aromatic carbocycles. The smallest absolute Gasteiger partial charge is 0.222 e. The second kappa shape index (κ2) is 9.35. The van der Waals surface area contributed by atoms with Crippen LogP contribution < -0.4 is 5.73 Å². The highest BCUT2D eigenvalue weighted by Gasteiger charge is 2.22. The number of carbonyl (C=O) groups is 1. The van der Waals surface area contributed by atoms with Crippen molar-refractivity contribution in [3.8, 4) is 0 Å². The molecule has 0 aromatic rings. The van der Waals surface area contributed by atoms with E-state index in [0.717, 1.165) is 38.4 Å². The minimum absolute atomic E-state index is 0.354. The minimum atomic E-state index is 0.354. The first-order valence-corrected chi connectivity index (χ1v) is 8.19. The third-order valence-corrected chi connectivity index (χ3v) is 4.48. The standard InChI is InChI=1S/C16H32N2O/c1-3-6-14(11-12-17)9-10-16(19)18(4-2)13-15-7-5-8-15/h14-15H,3-13,17H2,1-2H3. The Bertz CT molecular complexity index is 245. The fourth-order valence-corrected chi connectivity index (χ4v) is 2.96. The van der Waals surface area contributed by atoms with Crippen LogP contribution in [0, 0.1) is 11.8 Å². The average molecular weight is 268 g/mol. The SMILES string of the molecule is CCCC(CCN)CCC(=O)N(CC)CC1CCC1. The van der Waals surface area contributed by atoms with Gasteiger partial charge in [-0.2, -0.15) is 0 Å². The van der Waals surface area contributed by atoms with E-state index in [2.05, 4.69) is 18.7 Å². The lowest BCUT2D eigenvalue weighted by Crippen LogP contribution is -2.37. The van der Waals surface area contributed by atoms with Gasteiger partial charge < -0.3 is 10.6 Å². The Morgan fingerprint density at radius 1 is 1.26 bits per heavy atom. The molecule has 1 unspecified atom stereocenters. The minimum Gasteiger partial charge on any atom is -0.343 e. The Hall–Kier alpha value is -0.570. The summed E-state index contributed by atoms with van der Waals surface area (Å²) in [6, 6.07) is 0. The molecule has 1 atom stereocenters. The van der Waals surface area contributed by atoms with Crippen LogP contribution in [0.25, 0.3) is 0 Å². The van der Waals surface area contributed by atoms with Gasteiger partial charge in [-0.25, -0.2) is 0 Å². The molecule has 112 valence electrons. The third-order valence-electron chi connectivity index (χ3n) is 4.48. The van der Waals surface area contributed by atoms with Crippen molar-refractivity contribution in [2.24, 2.45) is 17.6 Å². The molecule has 19 heavy (non-hydrogen) atoms. The van der Waals surface area contributed by atoms with Gasteiger partial charge in [-0.3, -0.25) is 4.79 Å². The Labute approximate surface area is 118 Å². The van der Waals surface area contributed by atoms with Crippen molar-refractivity contribution in [3.63, 3.8) is 0 Å². The molecule has 2 N–H and O–H groups in total. The molecule has 3 nitrogen and oxygen atoms in total. The van der Waals surface area contributed by atoms with Gasteiger partial charge in [0.05, 0.1) is 0 Å². The van der Waals surface area contributed by atoms with E-state index in [4.69, 9.17) is 5.73 Å². The molecule has 0 radical (unpaired) electrons. The van der Waals surface area contributed by atoms with Gasteiger partial charge in [-0.05, 0) is 51.0 Å². The van der Waals surface area contributed by atoms with E-state index >= 15 is 0 Å². The molecule has 1 amide bonds. The highest BCUT2D eigenvalue weighted by molar-refractivity contribution is 5.76. The summed E-state index contributed by atoms with van der Waals surface area (Å²) in [4.78, 5) is 14.3. The maximum Gasteiger partial charge on any atom is 0.222 e.